The number of rotatable bonds is 4. The number of carbonyl (C=O) groups is 1. The molecule has 0 unspecified atom stereocenters. The molecule has 112 valence electrons. The summed E-state index contributed by atoms with van der Waals surface area (Å²) < 4.78 is 28.2. The SMILES string of the molecule is Cc1c(Cl)cccc1NS(=O)(=O)c1cc(C(=O)O)n(C)c1. The van der Waals surface area contributed by atoms with E-state index in [-0.39, 0.29) is 10.6 Å². The zero-order chi connectivity index (χ0) is 15.8. The van der Waals surface area contributed by atoms with E-state index in [9.17, 15) is 13.2 Å². The Morgan fingerprint density at radius 3 is 2.62 bits per heavy atom. The zero-order valence-corrected chi connectivity index (χ0v) is 12.9. The van der Waals surface area contributed by atoms with E-state index in [1.165, 1.54) is 17.8 Å². The average Bonchev–Trinajstić information content (AvgIpc) is 2.78. The maximum absolute atomic E-state index is 12.3. The quantitative estimate of drug-likeness (QED) is 0.902. The highest BCUT2D eigenvalue weighted by atomic mass is 35.5. The topological polar surface area (TPSA) is 88.4 Å². The van der Waals surface area contributed by atoms with Crippen LogP contribution >= 0.6 is 11.6 Å². The minimum Gasteiger partial charge on any atom is -0.477 e. The van der Waals surface area contributed by atoms with Gasteiger partial charge in [0.25, 0.3) is 10.0 Å². The van der Waals surface area contributed by atoms with Gasteiger partial charge in [-0.1, -0.05) is 17.7 Å². The van der Waals surface area contributed by atoms with Crippen molar-refractivity contribution in [3.05, 3.63) is 46.7 Å². The molecule has 1 heterocycles. The number of hydrogen-bond acceptors (Lipinski definition) is 3. The van der Waals surface area contributed by atoms with E-state index < -0.39 is 16.0 Å². The number of carboxylic acid groups (broad SMARTS) is 1. The molecule has 0 aliphatic rings. The molecule has 0 fully saturated rings. The molecule has 0 aliphatic heterocycles. The third-order valence-corrected chi connectivity index (χ3v) is 4.76. The smallest absolute Gasteiger partial charge is 0.352 e. The molecule has 0 saturated heterocycles. The summed E-state index contributed by atoms with van der Waals surface area (Å²) in [5.74, 6) is -1.20. The van der Waals surface area contributed by atoms with Crippen LogP contribution in [0.25, 0.3) is 0 Å². The molecular weight excluding hydrogens is 316 g/mol. The van der Waals surface area contributed by atoms with Crippen LogP contribution in [0.4, 0.5) is 5.69 Å². The van der Waals surface area contributed by atoms with E-state index in [2.05, 4.69) is 4.72 Å². The summed E-state index contributed by atoms with van der Waals surface area (Å²) >= 11 is 5.94. The van der Waals surface area contributed by atoms with Crippen molar-refractivity contribution in [1.82, 2.24) is 4.57 Å². The fourth-order valence-corrected chi connectivity index (χ4v) is 3.18. The van der Waals surface area contributed by atoms with Gasteiger partial charge in [-0.3, -0.25) is 4.72 Å². The number of carboxylic acids is 1. The zero-order valence-electron chi connectivity index (χ0n) is 11.3. The molecule has 1 aromatic heterocycles. The minimum atomic E-state index is -3.88. The van der Waals surface area contributed by atoms with Crippen molar-refractivity contribution in [2.45, 2.75) is 11.8 Å². The lowest BCUT2D eigenvalue weighted by molar-refractivity contribution is 0.0686. The number of nitrogens with one attached hydrogen (secondary N) is 1. The van der Waals surface area contributed by atoms with Crippen LogP contribution in [-0.4, -0.2) is 24.1 Å². The van der Waals surface area contributed by atoms with Gasteiger partial charge in [0.1, 0.15) is 10.6 Å². The van der Waals surface area contributed by atoms with Crippen LogP contribution in [0.2, 0.25) is 5.02 Å². The van der Waals surface area contributed by atoms with Crippen molar-refractivity contribution in [2.24, 2.45) is 7.05 Å². The Morgan fingerprint density at radius 2 is 2.05 bits per heavy atom. The number of anilines is 1. The molecule has 0 spiro atoms. The number of halogens is 1. The van der Waals surface area contributed by atoms with Gasteiger partial charge in [-0.2, -0.15) is 0 Å². The average molecular weight is 329 g/mol. The summed E-state index contributed by atoms with van der Waals surface area (Å²) in [6.07, 6.45) is 1.24. The summed E-state index contributed by atoms with van der Waals surface area (Å²) in [6.45, 7) is 1.69. The van der Waals surface area contributed by atoms with Crippen LogP contribution in [0.1, 0.15) is 16.1 Å². The largest absolute Gasteiger partial charge is 0.477 e. The molecule has 2 N–H and O–H groups in total. The second-order valence-electron chi connectivity index (χ2n) is 4.49. The third kappa shape index (κ3) is 3.03. The van der Waals surface area contributed by atoms with Crippen molar-refractivity contribution in [3.63, 3.8) is 0 Å². The molecule has 1 aromatic carbocycles. The van der Waals surface area contributed by atoms with Gasteiger partial charge in [0.15, 0.2) is 0 Å². The lowest BCUT2D eigenvalue weighted by Gasteiger charge is -2.10. The number of sulfonamides is 1. The maximum Gasteiger partial charge on any atom is 0.352 e. The lowest BCUT2D eigenvalue weighted by Crippen LogP contribution is -2.13. The van der Waals surface area contributed by atoms with Crippen molar-refractivity contribution in [1.29, 1.82) is 0 Å². The Hall–Kier alpha value is -1.99. The first-order valence-electron chi connectivity index (χ1n) is 5.90. The second kappa shape index (κ2) is 5.42. The molecule has 6 nitrogen and oxygen atoms in total. The number of benzene rings is 1. The van der Waals surface area contributed by atoms with Crippen molar-refractivity contribution in [3.8, 4) is 0 Å². The Balaban J connectivity index is 2.41. The van der Waals surface area contributed by atoms with E-state index in [0.29, 0.717) is 16.3 Å². The van der Waals surface area contributed by atoms with E-state index in [1.807, 2.05) is 0 Å². The van der Waals surface area contributed by atoms with Crippen LogP contribution in [0.15, 0.2) is 35.4 Å². The summed E-state index contributed by atoms with van der Waals surface area (Å²) in [4.78, 5) is 10.8. The number of aromatic nitrogens is 1. The van der Waals surface area contributed by atoms with Crippen molar-refractivity contribution >= 4 is 33.3 Å². The summed E-state index contributed by atoms with van der Waals surface area (Å²) in [7, 11) is -2.42. The predicted octanol–water partition coefficient (Wildman–Crippen LogP) is 2.49. The van der Waals surface area contributed by atoms with Crippen LogP contribution in [0, 0.1) is 6.92 Å². The van der Waals surface area contributed by atoms with Gasteiger partial charge in [-0.15, -0.1) is 0 Å². The van der Waals surface area contributed by atoms with E-state index in [1.54, 1.807) is 25.1 Å². The minimum absolute atomic E-state index is 0.113. The molecule has 2 aromatic rings. The van der Waals surface area contributed by atoms with Crippen LogP contribution < -0.4 is 4.72 Å². The fourth-order valence-electron chi connectivity index (χ4n) is 1.82. The van der Waals surface area contributed by atoms with Crippen molar-refractivity contribution in [2.75, 3.05) is 4.72 Å². The van der Waals surface area contributed by atoms with Crippen LogP contribution in [0.5, 0.6) is 0 Å². The summed E-state index contributed by atoms with van der Waals surface area (Å²) in [5.41, 5.74) is 0.832. The van der Waals surface area contributed by atoms with Crippen LogP contribution in [0.3, 0.4) is 0 Å². The Bertz CT molecular complexity index is 812. The van der Waals surface area contributed by atoms with Crippen molar-refractivity contribution < 1.29 is 18.3 Å². The van der Waals surface area contributed by atoms with Gasteiger partial charge in [-0.25, -0.2) is 13.2 Å². The number of hydrogen-bond donors (Lipinski definition) is 2. The molecule has 0 amide bonds. The molecule has 0 atom stereocenters. The molecular formula is C13H13ClN2O4S. The van der Waals surface area contributed by atoms with E-state index in [4.69, 9.17) is 16.7 Å². The van der Waals surface area contributed by atoms with Gasteiger partial charge >= 0.3 is 5.97 Å². The predicted molar refractivity (Wildman–Crippen MR) is 79.4 cm³/mol. The Labute approximate surface area is 127 Å². The highest BCUT2D eigenvalue weighted by molar-refractivity contribution is 7.92. The summed E-state index contributed by atoms with van der Waals surface area (Å²) in [5, 5.41) is 9.40. The fraction of sp³-hybridized carbons (Fsp3) is 0.154. The molecule has 21 heavy (non-hydrogen) atoms. The maximum atomic E-state index is 12.3. The number of aromatic carboxylic acids is 1. The van der Waals surface area contributed by atoms with Gasteiger partial charge in [0, 0.05) is 18.3 Å². The first kappa shape index (κ1) is 15.4. The van der Waals surface area contributed by atoms with Gasteiger partial charge in [0.05, 0.1) is 5.69 Å². The molecule has 0 saturated carbocycles. The Kier molecular flexibility index (Phi) is 3.97. The van der Waals surface area contributed by atoms with Gasteiger partial charge in [0.2, 0.25) is 0 Å². The molecule has 0 bridgehead atoms. The normalized spacial score (nSPS) is 11.4. The molecule has 2 rings (SSSR count). The van der Waals surface area contributed by atoms with Gasteiger partial charge in [-0.05, 0) is 30.7 Å². The highest BCUT2D eigenvalue weighted by Crippen LogP contribution is 2.25. The lowest BCUT2D eigenvalue weighted by atomic mass is 10.2. The first-order valence-corrected chi connectivity index (χ1v) is 7.76. The van der Waals surface area contributed by atoms with Gasteiger partial charge < -0.3 is 9.67 Å². The second-order valence-corrected chi connectivity index (χ2v) is 6.58. The summed E-state index contributed by atoms with van der Waals surface area (Å²) in [6, 6.07) is 5.96. The monoisotopic (exact) mass is 328 g/mol. The first-order chi connectivity index (χ1) is 9.72. The standard InChI is InChI=1S/C13H13ClN2O4S/c1-8-10(14)4-3-5-11(8)15-21(19,20)9-6-12(13(17)18)16(2)7-9/h3-7,15H,1-2H3,(H,17,18). The number of aryl methyl sites for hydroxylation is 1. The molecule has 8 heteroatoms. The Morgan fingerprint density at radius 1 is 1.38 bits per heavy atom. The molecule has 0 aliphatic carbocycles. The van der Waals surface area contributed by atoms with E-state index in [0.717, 1.165) is 6.07 Å². The number of nitrogens with zero attached hydrogens (tertiary/aromatic N) is 1. The van der Waals surface area contributed by atoms with Crippen LogP contribution in [-0.2, 0) is 17.1 Å². The van der Waals surface area contributed by atoms with E-state index >= 15 is 0 Å². The highest BCUT2D eigenvalue weighted by Gasteiger charge is 2.21. The third-order valence-electron chi connectivity index (χ3n) is 3.02. The molecule has 0 radical (unpaired) electrons.